The molecule has 3 aliphatic rings. The number of aromatic nitrogens is 2. The highest BCUT2D eigenvalue weighted by Gasteiger charge is 2.48. The van der Waals surface area contributed by atoms with Gasteiger partial charge in [-0.25, -0.2) is 9.37 Å². The maximum atomic E-state index is 14.4. The van der Waals surface area contributed by atoms with Gasteiger partial charge in [-0.05, 0) is 49.6 Å². The molecule has 6 nitrogen and oxygen atoms in total. The van der Waals surface area contributed by atoms with Gasteiger partial charge in [-0.15, -0.1) is 0 Å². The van der Waals surface area contributed by atoms with E-state index in [4.69, 9.17) is 37.2 Å². The molecule has 192 valence electrons. The van der Waals surface area contributed by atoms with E-state index in [1.807, 2.05) is 19.1 Å². The summed E-state index contributed by atoms with van der Waals surface area (Å²) >= 11 is 14.6. The summed E-state index contributed by atoms with van der Waals surface area (Å²) in [7, 11) is 0. The van der Waals surface area contributed by atoms with Gasteiger partial charge in [-0.1, -0.05) is 45.8 Å². The Labute approximate surface area is 227 Å². The first kappa shape index (κ1) is 23.9. The van der Waals surface area contributed by atoms with E-state index in [1.54, 1.807) is 12.1 Å². The minimum absolute atomic E-state index is 0.272. The number of aryl methyl sites for hydroxylation is 1. The topological polar surface area (TPSA) is 60.6 Å². The minimum Gasteiger partial charge on any atom is -0.360 e. The summed E-state index contributed by atoms with van der Waals surface area (Å²) in [6.45, 7) is 3.71. The van der Waals surface area contributed by atoms with E-state index >= 15 is 0 Å². The van der Waals surface area contributed by atoms with Crippen molar-refractivity contribution in [1.82, 2.24) is 10.1 Å². The lowest BCUT2D eigenvalue weighted by molar-refractivity contribution is -0.181. The molecule has 0 radical (unpaired) electrons. The monoisotopic (exact) mass is 559 g/mol. The molecule has 2 aromatic heterocycles. The van der Waals surface area contributed by atoms with Crippen molar-refractivity contribution in [2.75, 3.05) is 24.6 Å². The predicted molar refractivity (Wildman–Crippen MR) is 142 cm³/mol. The molecule has 2 aliphatic heterocycles. The molecule has 3 fully saturated rings. The third-order valence-electron chi connectivity index (χ3n) is 7.46. The summed E-state index contributed by atoms with van der Waals surface area (Å²) in [6, 6.07) is 8.93. The van der Waals surface area contributed by atoms with Crippen molar-refractivity contribution in [2.24, 2.45) is 0 Å². The SMILES string of the molecule is Cc1cc(F)c2nc(N3CCC4(CC3)OCC(c3c(-c5c(Cl)cccc5Cl)noc3C3CC3)O4)sc2c1. The standard InChI is InChI=1S/C27H24Cl2FN3O3S/c1-14-11-18(30)23-20(12-14)37-26(31-23)33-9-7-27(8-10-33)34-13-19(35-27)22-24(32-36-25(22)15-5-6-15)21-16(28)3-2-4-17(21)29/h2-4,11-12,15,19H,5-10,13H2,1H3. The van der Waals surface area contributed by atoms with Crippen molar-refractivity contribution < 1.29 is 18.4 Å². The van der Waals surface area contributed by atoms with Crippen molar-refractivity contribution in [3.63, 3.8) is 0 Å². The van der Waals surface area contributed by atoms with Gasteiger partial charge < -0.3 is 18.9 Å². The van der Waals surface area contributed by atoms with Crippen LogP contribution < -0.4 is 4.90 Å². The highest BCUT2D eigenvalue weighted by Crippen LogP contribution is 2.51. The second-order valence-corrected chi connectivity index (χ2v) is 11.9. The first-order valence-electron chi connectivity index (χ1n) is 12.5. The van der Waals surface area contributed by atoms with Crippen LogP contribution in [0, 0.1) is 12.7 Å². The van der Waals surface area contributed by atoms with Crippen LogP contribution in [0.5, 0.6) is 0 Å². The van der Waals surface area contributed by atoms with Crippen LogP contribution in [0.2, 0.25) is 10.0 Å². The van der Waals surface area contributed by atoms with Crippen molar-refractivity contribution in [3.05, 3.63) is 63.1 Å². The maximum absolute atomic E-state index is 14.4. The summed E-state index contributed by atoms with van der Waals surface area (Å²) in [5.74, 6) is 0.216. The third-order valence-corrected chi connectivity index (χ3v) is 9.15. The number of benzene rings is 2. The van der Waals surface area contributed by atoms with Gasteiger partial charge >= 0.3 is 0 Å². The van der Waals surface area contributed by atoms with Gasteiger partial charge in [-0.3, -0.25) is 0 Å². The average molecular weight is 560 g/mol. The molecule has 1 spiro atoms. The van der Waals surface area contributed by atoms with Gasteiger partial charge in [-0.2, -0.15) is 0 Å². The Kier molecular flexibility index (Phi) is 5.75. The number of rotatable bonds is 4. The lowest BCUT2D eigenvalue weighted by atomic mass is 9.99. The van der Waals surface area contributed by atoms with Crippen LogP contribution in [-0.2, 0) is 9.47 Å². The Hall–Kier alpha value is -2.23. The lowest BCUT2D eigenvalue weighted by Gasteiger charge is -2.37. The molecule has 4 heterocycles. The highest BCUT2D eigenvalue weighted by atomic mass is 35.5. The zero-order valence-corrected chi connectivity index (χ0v) is 22.4. The van der Waals surface area contributed by atoms with Crippen LogP contribution in [0.4, 0.5) is 9.52 Å². The second-order valence-electron chi connectivity index (χ2n) is 10.1. The lowest BCUT2D eigenvalue weighted by Crippen LogP contribution is -2.45. The average Bonchev–Trinajstić information content (AvgIpc) is 3.28. The molecule has 0 amide bonds. The molecule has 0 N–H and O–H groups in total. The molecule has 1 aliphatic carbocycles. The minimum atomic E-state index is -0.695. The number of thiazole rings is 1. The summed E-state index contributed by atoms with van der Waals surface area (Å²) in [5.41, 5.74) is 3.52. The van der Waals surface area contributed by atoms with Crippen molar-refractivity contribution in [2.45, 2.75) is 50.4 Å². The van der Waals surface area contributed by atoms with Crippen molar-refractivity contribution in [1.29, 1.82) is 0 Å². The maximum Gasteiger partial charge on any atom is 0.186 e. The molecular weight excluding hydrogens is 536 g/mol. The van der Waals surface area contributed by atoms with E-state index in [0.717, 1.165) is 39.6 Å². The molecule has 7 rings (SSSR count). The Morgan fingerprint density at radius 3 is 2.62 bits per heavy atom. The van der Waals surface area contributed by atoms with E-state index in [1.165, 1.54) is 17.4 Å². The Balaban J connectivity index is 1.13. The number of anilines is 1. The smallest absolute Gasteiger partial charge is 0.186 e. The van der Waals surface area contributed by atoms with Gasteiger partial charge in [0.15, 0.2) is 16.7 Å². The molecule has 2 saturated heterocycles. The van der Waals surface area contributed by atoms with E-state index in [-0.39, 0.29) is 11.9 Å². The molecule has 10 heteroatoms. The second kappa shape index (κ2) is 8.92. The van der Waals surface area contributed by atoms with Gasteiger partial charge in [0.1, 0.15) is 23.1 Å². The Bertz CT molecular complexity index is 1490. The normalized spacial score (nSPS) is 21.4. The van der Waals surface area contributed by atoms with Crippen LogP contribution in [0.25, 0.3) is 21.5 Å². The fourth-order valence-corrected chi connectivity index (χ4v) is 7.11. The van der Waals surface area contributed by atoms with Gasteiger partial charge in [0.25, 0.3) is 0 Å². The number of hydrogen-bond acceptors (Lipinski definition) is 7. The van der Waals surface area contributed by atoms with Crippen LogP contribution in [0.1, 0.15) is 54.6 Å². The first-order chi connectivity index (χ1) is 17.9. The molecular formula is C27H24Cl2FN3O3S. The fourth-order valence-electron chi connectivity index (χ4n) is 5.40. The molecule has 2 aromatic carbocycles. The number of halogens is 3. The quantitative estimate of drug-likeness (QED) is 0.255. The zero-order valence-electron chi connectivity index (χ0n) is 20.1. The van der Waals surface area contributed by atoms with E-state index in [0.29, 0.717) is 65.3 Å². The Morgan fingerprint density at radius 1 is 1.14 bits per heavy atom. The zero-order chi connectivity index (χ0) is 25.3. The van der Waals surface area contributed by atoms with Gasteiger partial charge in [0.05, 0.1) is 26.9 Å². The molecule has 4 aromatic rings. The van der Waals surface area contributed by atoms with Crippen LogP contribution >= 0.6 is 34.5 Å². The highest BCUT2D eigenvalue weighted by molar-refractivity contribution is 7.22. The van der Waals surface area contributed by atoms with E-state index in [2.05, 4.69) is 15.0 Å². The predicted octanol–water partition coefficient (Wildman–Crippen LogP) is 7.67. The fraction of sp³-hybridized carbons (Fsp3) is 0.407. The largest absolute Gasteiger partial charge is 0.360 e. The number of ether oxygens (including phenoxy) is 2. The van der Waals surface area contributed by atoms with Crippen LogP contribution in [-0.4, -0.2) is 35.6 Å². The van der Waals surface area contributed by atoms with Gasteiger partial charge in [0.2, 0.25) is 0 Å². The molecule has 37 heavy (non-hydrogen) atoms. The number of fused-ring (bicyclic) bond motifs is 1. The van der Waals surface area contributed by atoms with Crippen LogP contribution in [0.3, 0.4) is 0 Å². The summed E-state index contributed by atoms with van der Waals surface area (Å²) in [6.07, 6.45) is 3.15. The summed E-state index contributed by atoms with van der Waals surface area (Å²) in [4.78, 5) is 6.78. The molecule has 0 bridgehead atoms. The van der Waals surface area contributed by atoms with Gasteiger partial charge in [0, 0.05) is 37.4 Å². The molecule has 1 atom stereocenters. The first-order valence-corrected chi connectivity index (χ1v) is 14.1. The molecule has 1 unspecified atom stereocenters. The molecule has 1 saturated carbocycles. The van der Waals surface area contributed by atoms with Crippen molar-refractivity contribution >= 4 is 49.9 Å². The van der Waals surface area contributed by atoms with Crippen LogP contribution in [0.15, 0.2) is 34.9 Å². The van der Waals surface area contributed by atoms with E-state index < -0.39 is 5.79 Å². The summed E-state index contributed by atoms with van der Waals surface area (Å²) in [5, 5.41) is 6.28. The number of nitrogens with zero attached hydrogens (tertiary/aromatic N) is 3. The van der Waals surface area contributed by atoms with Crippen molar-refractivity contribution in [3.8, 4) is 11.3 Å². The van der Waals surface area contributed by atoms with E-state index in [9.17, 15) is 4.39 Å². The summed E-state index contributed by atoms with van der Waals surface area (Å²) < 4.78 is 34.1. The Morgan fingerprint density at radius 2 is 1.89 bits per heavy atom. The number of piperidine rings is 1. The third kappa shape index (κ3) is 4.14. The number of hydrogen-bond donors (Lipinski definition) is 0.